The zero-order valence-corrected chi connectivity index (χ0v) is 18.9. The SMILES string of the molecule is CCNC(=NCc1ccc(C)cc1OCC1CCOC1)NCCNC(=O)c1cccnc1. The first kappa shape index (κ1) is 23.5. The molecule has 3 rings (SSSR count). The lowest BCUT2D eigenvalue weighted by Gasteiger charge is -2.15. The normalized spacial score (nSPS) is 15.9. The summed E-state index contributed by atoms with van der Waals surface area (Å²) in [6.07, 6.45) is 4.24. The smallest absolute Gasteiger partial charge is 0.252 e. The number of guanidine groups is 1. The van der Waals surface area contributed by atoms with Crippen molar-refractivity contribution in [2.45, 2.75) is 26.8 Å². The minimum Gasteiger partial charge on any atom is -0.493 e. The summed E-state index contributed by atoms with van der Waals surface area (Å²) in [6.45, 7) is 8.59. The van der Waals surface area contributed by atoms with Gasteiger partial charge in [0.1, 0.15) is 5.75 Å². The topological polar surface area (TPSA) is 96.9 Å². The van der Waals surface area contributed by atoms with Crippen LogP contribution in [0.3, 0.4) is 0 Å². The molecule has 1 atom stereocenters. The van der Waals surface area contributed by atoms with E-state index in [4.69, 9.17) is 14.5 Å². The van der Waals surface area contributed by atoms with Gasteiger partial charge in [0.05, 0.1) is 25.3 Å². The molecule has 2 heterocycles. The van der Waals surface area contributed by atoms with Crippen LogP contribution in [0, 0.1) is 12.8 Å². The van der Waals surface area contributed by atoms with E-state index < -0.39 is 0 Å². The highest BCUT2D eigenvalue weighted by molar-refractivity contribution is 5.93. The van der Waals surface area contributed by atoms with Gasteiger partial charge in [-0.15, -0.1) is 0 Å². The van der Waals surface area contributed by atoms with Gasteiger partial charge in [-0.3, -0.25) is 9.78 Å². The predicted molar refractivity (Wildman–Crippen MR) is 125 cm³/mol. The summed E-state index contributed by atoms with van der Waals surface area (Å²) in [5.74, 6) is 1.88. The number of carbonyl (C=O) groups excluding carboxylic acids is 1. The summed E-state index contributed by atoms with van der Waals surface area (Å²) in [5, 5.41) is 9.37. The predicted octanol–water partition coefficient (Wildman–Crippen LogP) is 2.29. The van der Waals surface area contributed by atoms with Crippen molar-refractivity contribution in [3.05, 3.63) is 59.4 Å². The molecule has 1 aliphatic rings. The van der Waals surface area contributed by atoms with Gasteiger partial charge in [-0.2, -0.15) is 0 Å². The van der Waals surface area contributed by atoms with Crippen LogP contribution in [0.2, 0.25) is 0 Å². The number of carbonyl (C=O) groups is 1. The van der Waals surface area contributed by atoms with Crippen LogP contribution in [0.15, 0.2) is 47.7 Å². The van der Waals surface area contributed by atoms with Crippen LogP contribution in [0.4, 0.5) is 0 Å². The number of hydrogen-bond donors (Lipinski definition) is 3. The van der Waals surface area contributed by atoms with Crippen LogP contribution < -0.4 is 20.7 Å². The number of ether oxygens (including phenoxy) is 2. The second kappa shape index (κ2) is 12.7. The van der Waals surface area contributed by atoms with E-state index in [9.17, 15) is 4.79 Å². The van der Waals surface area contributed by atoms with Crippen molar-refractivity contribution in [3.8, 4) is 5.75 Å². The van der Waals surface area contributed by atoms with Crippen LogP contribution >= 0.6 is 0 Å². The van der Waals surface area contributed by atoms with E-state index in [1.807, 2.05) is 6.92 Å². The third kappa shape index (κ3) is 7.53. The molecule has 8 nitrogen and oxygen atoms in total. The molecular formula is C24H33N5O3. The third-order valence-electron chi connectivity index (χ3n) is 5.10. The van der Waals surface area contributed by atoms with Gasteiger partial charge in [-0.05, 0) is 44.0 Å². The Hall–Kier alpha value is -3.13. The van der Waals surface area contributed by atoms with Gasteiger partial charge < -0.3 is 25.4 Å². The lowest BCUT2D eigenvalue weighted by atomic mass is 10.1. The van der Waals surface area contributed by atoms with Gasteiger partial charge >= 0.3 is 0 Å². The Balaban J connectivity index is 1.52. The summed E-state index contributed by atoms with van der Waals surface area (Å²) < 4.78 is 11.6. The Morgan fingerprint density at radius 3 is 2.88 bits per heavy atom. The van der Waals surface area contributed by atoms with Crippen molar-refractivity contribution < 1.29 is 14.3 Å². The maximum Gasteiger partial charge on any atom is 0.252 e. The summed E-state index contributed by atoms with van der Waals surface area (Å²) in [7, 11) is 0. The zero-order valence-electron chi connectivity index (χ0n) is 18.9. The van der Waals surface area contributed by atoms with E-state index in [2.05, 4.69) is 46.1 Å². The molecule has 0 radical (unpaired) electrons. The molecule has 1 unspecified atom stereocenters. The van der Waals surface area contributed by atoms with Crippen LogP contribution in [0.1, 0.15) is 34.8 Å². The van der Waals surface area contributed by atoms with Gasteiger partial charge in [-0.1, -0.05) is 12.1 Å². The Morgan fingerprint density at radius 2 is 2.12 bits per heavy atom. The molecule has 1 amide bonds. The van der Waals surface area contributed by atoms with Crippen LogP contribution in [-0.2, 0) is 11.3 Å². The van der Waals surface area contributed by atoms with Crippen molar-refractivity contribution in [2.24, 2.45) is 10.9 Å². The Labute approximate surface area is 189 Å². The molecule has 1 fully saturated rings. The second-order valence-electron chi connectivity index (χ2n) is 7.77. The molecule has 8 heteroatoms. The monoisotopic (exact) mass is 439 g/mol. The summed E-state index contributed by atoms with van der Waals surface area (Å²) >= 11 is 0. The first-order chi connectivity index (χ1) is 15.7. The number of nitrogens with one attached hydrogen (secondary N) is 3. The molecular weight excluding hydrogens is 406 g/mol. The van der Waals surface area contributed by atoms with Crippen molar-refractivity contribution in [1.82, 2.24) is 20.9 Å². The van der Waals surface area contributed by atoms with E-state index >= 15 is 0 Å². The van der Waals surface area contributed by atoms with Crippen molar-refractivity contribution in [1.29, 1.82) is 0 Å². The van der Waals surface area contributed by atoms with Crippen LogP contribution in [0.25, 0.3) is 0 Å². The molecule has 172 valence electrons. The molecule has 2 aromatic rings. The van der Waals surface area contributed by atoms with Crippen LogP contribution in [0.5, 0.6) is 5.75 Å². The molecule has 1 saturated heterocycles. The highest BCUT2D eigenvalue weighted by atomic mass is 16.5. The standard InChI is InChI=1S/C24H33N5O3/c1-3-26-24(28-11-10-27-23(30)21-5-4-9-25-14-21)29-15-20-7-6-18(2)13-22(20)32-17-19-8-12-31-16-19/h4-7,9,13-14,19H,3,8,10-12,15-17H2,1-2H3,(H,27,30)(H2,26,28,29). The molecule has 0 aliphatic carbocycles. The summed E-state index contributed by atoms with van der Waals surface area (Å²) in [6, 6.07) is 9.69. The number of nitrogens with zero attached hydrogens (tertiary/aromatic N) is 2. The summed E-state index contributed by atoms with van der Waals surface area (Å²) in [4.78, 5) is 20.8. The molecule has 0 bridgehead atoms. The minimum absolute atomic E-state index is 0.143. The van der Waals surface area contributed by atoms with E-state index in [0.29, 0.717) is 43.7 Å². The number of pyridine rings is 1. The molecule has 1 aromatic carbocycles. The number of hydrogen-bond acceptors (Lipinski definition) is 5. The lowest BCUT2D eigenvalue weighted by molar-refractivity contribution is 0.0954. The number of aryl methyl sites for hydroxylation is 1. The Morgan fingerprint density at radius 1 is 1.25 bits per heavy atom. The van der Waals surface area contributed by atoms with E-state index in [0.717, 1.165) is 43.1 Å². The fourth-order valence-electron chi connectivity index (χ4n) is 3.31. The fourth-order valence-corrected chi connectivity index (χ4v) is 3.31. The first-order valence-corrected chi connectivity index (χ1v) is 11.2. The molecule has 0 spiro atoms. The van der Waals surface area contributed by atoms with Gasteiger partial charge in [0, 0.05) is 50.1 Å². The quantitative estimate of drug-likeness (QED) is 0.299. The highest BCUT2D eigenvalue weighted by Gasteiger charge is 2.17. The fraction of sp³-hybridized carbons (Fsp3) is 0.458. The maximum absolute atomic E-state index is 12.1. The molecule has 0 saturated carbocycles. The van der Waals surface area contributed by atoms with Gasteiger partial charge in [0.2, 0.25) is 0 Å². The average Bonchev–Trinajstić information content (AvgIpc) is 3.33. The average molecular weight is 440 g/mol. The van der Waals surface area contributed by atoms with Gasteiger partial charge in [0.15, 0.2) is 5.96 Å². The number of amides is 1. The molecule has 3 N–H and O–H groups in total. The Bertz CT molecular complexity index is 882. The highest BCUT2D eigenvalue weighted by Crippen LogP contribution is 2.23. The van der Waals surface area contributed by atoms with Crippen molar-refractivity contribution in [2.75, 3.05) is 39.5 Å². The Kier molecular flexibility index (Phi) is 9.31. The van der Waals surface area contributed by atoms with Crippen molar-refractivity contribution >= 4 is 11.9 Å². The van der Waals surface area contributed by atoms with Crippen molar-refractivity contribution in [3.63, 3.8) is 0 Å². The third-order valence-corrected chi connectivity index (χ3v) is 5.10. The zero-order chi connectivity index (χ0) is 22.6. The van der Waals surface area contributed by atoms with E-state index in [1.165, 1.54) is 0 Å². The second-order valence-corrected chi connectivity index (χ2v) is 7.77. The largest absolute Gasteiger partial charge is 0.493 e. The van der Waals surface area contributed by atoms with Gasteiger partial charge in [-0.25, -0.2) is 4.99 Å². The molecule has 1 aromatic heterocycles. The lowest BCUT2D eigenvalue weighted by Crippen LogP contribution is -2.41. The number of aromatic nitrogens is 1. The molecule has 32 heavy (non-hydrogen) atoms. The maximum atomic E-state index is 12.1. The number of benzene rings is 1. The molecule has 1 aliphatic heterocycles. The van der Waals surface area contributed by atoms with E-state index in [1.54, 1.807) is 24.5 Å². The van der Waals surface area contributed by atoms with E-state index in [-0.39, 0.29) is 5.91 Å². The first-order valence-electron chi connectivity index (χ1n) is 11.2. The minimum atomic E-state index is -0.143. The van der Waals surface area contributed by atoms with Gasteiger partial charge in [0.25, 0.3) is 5.91 Å². The number of aliphatic imine (C=N–C) groups is 1. The number of rotatable bonds is 10. The van der Waals surface area contributed by atoms with Crippen LogP contribution in [-0.4, -0.2) is 56.3 Å². The summed E-state index contributed by atoms with van der Waals surface area (Å²) in [5.41, 5.74) is 2.74.